The molecule has 6 nitrogen and oxygen atoms in total. The summed E-state index contributed by atoms with van der Waals surface area (Å²) in [5, 5.41) is 5.97. The first kappa shape index (κ1) is 16.1. The zero-order valence-electron chi connectivity index (χ0n) is 14.3. The van der Waals surface area contributed by atoms with E-state index in [1.807, 2.05) is 16.8 Å². The van der Waals surface area contributed by atoms with Gasteiger partial charge < -0.3 is 5.32 Å². The maximum atomic E-state index is 12.7. The molecule has 4 rings (SSSR count). The van der Waals surface area contributed by atoms with E-state index in [0.29, 0.717) is 11.4 Å². The molecule has 25 heavy (non-hydrogen) atoms. The molecule has 2 aromatic rings. The minimum Gasteiger partial charge on any atom is -0.311 e. The molecule has 0 radical (unpaired) electrons. The fourth-order valence-electron chi connectivity index (χ4n) is 4.22. The number of carbonyl (C=O) groups is 1. The van der Waals surface area contributed by atoms with Gasteiger partial charge in [0.05, 0.1) is 11.6 Å². The second-order valence-electron chi connectivity index (χ2n) is 7.16. The third kappa shape index (κ3) is 3.13. The van der Waals surface area contributed by atoms with Gasteiger partial charge in [0.2, 0.25) is 5.91 Å². The number of hydrogen-bond acceptors (Lipinski definition) is 3. The van der Waals surface area contributed by atoms with E-state index >= 15 is 0 Å². The average molecular weight is 340 g/mol. The Labute approximate surface area is 146 Å². The molecule has 1 fully saturated rings. The zero-order valence-corrected chi connectivity index (χ0v) is 14.3. The molecule has 3 heterocycles. The number of carbonyl (C=O) groups excluding carboxylic acids is 1. The van der Waals surface area contributed by atoms with Crippen LogP contribution in [0.1, 0.15) is 74.5 Å². The lowest BCUT2D eigenvalue weighted by atomic mass is 9.88. The minimum absolute atomic E-state index is 0.0417. The molecular weight excluding hydrogens is 316 g/mol. The summed E-state index contributed by atoms with van der Waals surface area (Å²) >= 11 is 0. The van der Waals surface area contributed by atoms with Gasteiger partial charge in [-0.1, -0.05) is 38.2 Å². The molecule has 2 N–H and O–H groups in total. The van der Waals surface area contributed by atoms with Gasteiger partial charge in [-0.3, -0.25) is 24.4 Å². The van der Waals surface area contributed by atoms with Crippen molar-refractivity contribution in [3.63, 3.8) is 0 Å². The van der Waals surface area contributed by atoms with E-state index in [0.717, 1.165) is 18.4 Å². The number of pyridine rings is 1. The Kier molecular flexibility index (Phi) is 4.42. The monoisotopic (exact) mass is 340 g/mol. The van der Waals surface area contributed by atoms with E-state index in [4.69, 9.17) is 0 Å². The molecule has 2 aromatic heterocycles. The van der Waals surface area contributed by atoms with Gasteiger partial charge in [-0.15, -0.1) is 0 Å². The van der Waals surface area contributed by atoms with E-state index in [1.54, 1.807) is 12.4 Å². The maximum absolute atomic E-state index is 12.7. The number of rotatable bonds is 2. The number of hydrogen-bond donors (Lipinski definition) is 2. The number of fused-ring (bicyclic) bond motifs is 1. The fourth-order valence-corrected chi connectivity index (χ4v) is 4.22. The Morgan fingerprint density at radius 1 is 1.08 bits per heavy atom. The number of nitrogens with zero attached hydrogens (tertiary/aromatic N) is 2. The molecule has 2 aliphatic rings. The summed E-state index contributed by atoms with van der Waals surface area (Å²) in [5.74, 6) is 0.400. The van der Waals surface area contributed by atoms with Crippen molar-refractivity contribution in [3.8, 4) is 0 Å². The molecular formula is C19H24N4O2. The van der Waals surface area contributed by atoms with Crippen LogP contribution in [0.2, 0.25) is 0 Å². The molecule has 1 saturated carbocycles. The van der Waals surface area contributed by atoms with E-state index in [2.05, 4.69) is 15.4 Å². The Hall–Kier alpha value is -2.37. The largest absolute Gasteiger partial charge is 0.311 e. The van der Waals surface area contributed by atoms with Crippen molar-refractivity contribution in [1.82, 2.24) is 14.8 Å². The highest BCUT2D eigenvalue weighted by Gasteiger charge is 2.34. The summed E-state index contributed by atoms with van der Waals surface area (Å²) in [7, 11) is 0. The Balaban J connectivity index is 1.75. The van der Waals surface area contributed by atoms with Crippen LogP contribution < -0.4 is 10.9 Å². The summed E-state index contributed by atoms with van der Waals surface area (Å²) in [4.78, 5) is 29.2. The first-order chi connectivity index (χ1) is 12.2. The molecule has 1 amide bonds. The summed E-state index contributed by atoms with van der Waals surface area (Å²) in [5.41, 5.74) is 1.50. The highest BCUT2D eigenvalue weighted by Crippen LogP contribution is 2.37. The lowest BCUT2D eigenvalue weighted by Crippen LogP contribution is -2.27. The van der Waals surface area contributed by atoms with Crippen LogP contribution in [-0.2, 0) is 4.79 Å². The van der Waals surface area contributed by atoms with Crippen LogP contribution in [0.4, 0.5) is 5.82 Å². The molecule has 0 unspecified atom stereocenters. The van der Waals surface area contributed by atoms with Gasteiger partial charge in [-0.2, -0.15) is 0 Å². The first-order valence-corrected chi connectivity index (χ1v) is 9.28. The van der Waals surface area contributed by atoms with Crippen LogP contribution in [0.5, 0.6) is 0 Å². The standard InChI is InChI=1S/C19H24N4O2/c24-16-11-15(13-7-6-10-20-12-13)17-18(21-16)23(22-19(17)25)14-8-4-2-1-3-5-9-14/h6-7,10,12,14-15H,1-5,8-9,11H2,(H,21,24)(H,22,25)/t15-/m0/s1. The summed E-state index contributed by atoms with van der Waals surface area (Å²) in [6, 6.07) is 4.04. The molecule has 0 spiro atoms. The SMILES string of the molecule is O=C1C[C@@H](c2cccnc2)c2c(n(C3CCCCCCC3)[nH]c2=O)N1. The quantitative estimate of drug-likeness (QED) is 0.880. The van der Waals surface area contributed by atoms with Crippen molar-refractivity contribution in [2.45, 2.75) is 63.3 Å². The molecule has 1 aliphatic heterocycles. The van der Waals surface area contributed by atoms with Gasteiger partial charge in [0.25, 0.3) is 5.56 Å². The number of aromatic amines is 1. The van der Waals surface area contributed by atoms with E-state index in [-0.39, 0.29) is 29.8 Å². The van der Waals surface area contributed by atoms with Gasteiger partial charge in [-0.05, 0) is 24.5 Å². The zero-order chi connectivity index (χ0) is 17.2. The molecule has 0 saturated heterocycles. The van der Waals surface area contributed by atoms with Crippen molar-refractivity contribution < 1.29 is 4.79 Å². The predicted molar refractivity (Wildman–Crippen MR) is 95.7 cm³/mol. The van der Waals surface area contributed by atoms with Crippen LogP contribution >= 0.6 is 0 Å². The maximum Gasteiger partial charge on any atom is 0.270 e. The number of nitrogens with one attached hydrogen (secondary N) is 2. The van der Waals surface area contributed by atoms with E-state index in [1.165, 1.54) is 32.1 Å². The predicted octanol–water partition coefficient (Wildman–Crippen LogP) is 3.33. The lowest BCUT2D eigenvalue weighted by molar-refractivity contribution is -0.116. The van der Waals surface area contributed by atoms with Crippen LogP contribution in [0, 0.1) is 0 Å². The van der Waals surface area contributed by atoms with Gasteiger partial charge in [0.15, 0.2) is 0 Å². The summed E-state index contributed by atoms with van der Waals surface area (Å²) in [6.45, 7) is 0. The average Bonchev–Trinajstić information content (AvgIpc) is 2.91. The van der Waals surface area contributed by atoms with Crippen molar-refractivity contribution in [3.05, 3.63) is 46.0 Å². The molecule has 0 aromatic carbocycles. The van der Waals surface area contributed by atoms with Gasteiger partial charge in [0, 0.05) is 24.7 Å². The number of amides is 1. The van der Waals surface area contributed by atoms with Crippen molar-refractivity contribution in [2.24, 2.45) is 0 Å². The molecule has 6 heteroatoms. The third-order valence-corrected chi connectivity index (χ3v) is 5.49. The van der Waals surface area contributed by atoms with Crippen LogP contribution in [0.15, 0.2) is 29.3 Å². The van der Waals surface area contributed by atoms with Crippen molar-refractivity contribution in [2.75, 3.05) is 5.32 Å². The lowest BCUT2D eigenvalue weighted by Gasteiger charge is -2.27. The van der Waals surface area contributed by atoms with Crippen LogP contribution in [-0.4, -0.2) is 20.7 Å². The molecule has 1 atom stereocenters. The van der Waals surface area contributed by atoms with Crippen molar-refractivity contribution >= 4 is 11.7 Å². The topological polar surface area (TPSA) is 79.8 Å². The third-order valence-electron chi connectivity index (χ3n) is 5.49. The molecule has 1 aliphatic carbocycles. The van der Waals surface area contributed by atoms with Crippen LogP contribution in [0.25, 0.3) is 0 Å². The highest BCUT2D eigenvalue weighted by atomic mass is 16.2. The van der Waals surface area contributed by atoms with Crippen LogP contribution in [0.3, 0.4) is 0 Å². The number of H-pyrrole nitrogens is 1. The van der Waals surface area contributed by atoms with Gasteiger partial charge in [-0.25, -0.2) is 0 Å². The van der Waals surface area contributed by atoms with E-state index < -0.39 is 0 Å². The smallest absolute Gasteiger partial charge is 0.270 e. The van der Waals surface area contributed by atoms with Crippen molar-refractivity contribution in [1.29, 1.82) is 0 Å². The van der Waals surface area contributed by atoms with Gasteiger partial charge in [0.1, 0.15) is 5.82 Å². The Bertz CT molecular complexity index is 801. The molecule has 0 bridgehead atoms. The summed E-state index contributed by atoms with van der Waals surface area (Å²) in [6.07, 6.45) is 12.0. The normalized spacial score (nSPS) is 21.9. The number of aromatic nitrogens is 3. The Morgan fingerprint density at radius 3 is 2.56 bits per heavy atom. The van der Waals surface area contributed by atoms with Gasteiger partial charge >= 0.3 is 0 Å². The minimum atomic E-state index is -0.226. The summed E-state index contributed by atoms with van der Waals surface area (Å²) < 4.78 is 1.93. The highest BCUT2D eigenvalue weighted by molar-refractivity contribution is 5.94. The first-order valence-electron chi connectivity index (χ1n) is 9.28. The fraction of sp³-hybridized carbons (Fsp3) is 0.526. The second-order valence-corrected chi connectivity index (χ2v) is 7.16. The molecule has 132 valence electrons. The number of anilines is 1. The Morgan fingerprint density at radius 2 is 1.84 bits per heavy atom. The second kappa shape index (κ2) is 6.86. The van der Waals surface area contributed by atoms with E-state index in [9.17, 15) is 9.59 Å².